The van der Waals surface area contributed by atoms with Gasteiger partial charge < -0.3 is 24.2 Å². The summed E-state index contributed by atoms with van der Waals surface area (Å²) in [5.74, 6) is -0.491. The van der Waals surface area contributed by atoms with Crippen LogP contribution < -0.4 is 15.7 Å². The number of hydrogen-bond acceptors (Lipinski definition) is 6. The van der Waals surface area contributed by atoms with Crippen LogP contribution in [0.2, 0.25) is 0 Å². The Balaban J connectivity index is 1.37. The van der Waals surface area contributed by atoms with Crippen LogP contribution in [0.15, 0.2) is 88.2 Å². The fraction of sp³-hybridized carbons (Fsp3) is 0.167. The summed E-state index contributed by atoms with van der Waals surface area (Å²) in [6.45, 7) is 3.60. The van der Waals surface area contributed by atoms with Crippen LogP contribution in [0.4, 0.5) is 4.79 Å². The van der Waals surface area contributed by atoms with Crippen molar-refractivity contribution in [2.45, 2.75) is 32.9 Å². The molecule has 1 amide bonds. The monoisotopic (exact) mass is 510 g/mol. The molecule has 2 heterocycles. The van der Waals surface area contributed by atoms with E-state index in [2.05, 4.69) is 10.3 Å². The molecule has 2 aromatic heterocycles. The summed E-state index contributed by atoms with van der Waals surface area (Å²) in [6, 6.07) is 20.8. The summed E-state index contributed by atoms with van der Waals surface area (Å²) in [7, 11) is 0. The van der Waals surface area contributed by atoms with Crippen LogP contribution in [0.3, 0.4) is 0 Å². The van der Waals surface area contributed by atoms with Gasteiger partial charge in [-0.25, -0.2) is 14.4 Å². The minimum atomic E-state index is -1.04. The molecular weight excluding hydrogens is 484 g/mol. The van der Waals surface area contributed by atoms with Gasteiger partial charge in [0, 0.05) is 40.5 Å². The number of esters is 1. The predicted molar refractivity (Wildman–Crippen MR) is 143 cm³/mol. The van der Waals surface area contributed by atoms with Crippen molar-refractivity contribution in [3.05, 3.63) is 112 Å². The molecule has 0 spiro atoms. The lowest BCUT2D eigenvalue weighted by Crippen LogP contribution is -2.44. The minimum absolute atomic E-state index is 0.0595. The number of amides is 1. The Morgan fingerprint density at radius 1 is 0.947 bits per heavy atom. The molecule has 3 aromatic carbocycles. The highest BCUT2D eigenvalue weighted by molar-refractivity contribution is 5.88. The van der Waals surface area contributed by atoms with Gasteiger partial charge in [-0.3, -0.25) is 0 Å². The molecule has 5 rings (SSSR count). The van der Waals surface area contributed by atoms with Gasteiger partial charge in [-0.05, 0) is 48.7 Å². The number of aromatic amines is 1. The van der Waals surface area contributed by atoms with Gasteiger partial charge in [-0.15, -0.1) is 0 Å². The molecule has 8 heteroatoms. The summed E-state index contributed by atoms with van der Waals surface area (Å²) in [6.07, 6.45) is 1.23. The quantitative estimate of drug-likeness (QED) is 0.174. The smallest absolute Gasteiger partial charge is 0.408 e. The molecule has 0 aliphatic rings. The van der Waals surface area contributed by atoms with E-state index in [1.165, 1.54) is 6.07 Å². The first kappa shape index (κ1) is 24.8. The molecule has 192 valence electrons. The molecule has 0 aliphatic heterocycles. The molecule has 38 heavy (non-hydrogen) atoms. The minimum Gasteiger partial charge on any atom is -0.445 e. The third-order valence-corrected chi connectivity index (χ3v) is 6.54. The second-order valence-electron chi connectivity index (χ2n) is 9.04. The van der Waals surface area contributed by atoms with Crippen molar-refractivity contribution in [1.29, 1.82) is 0 Å². The Hall–Kier alpha value is -4.85. The number of alkyl carbamates (subject to hydrolysis) is 1. The standard InChI is InChI=1S/C30H26N2O6/c1-18-19(2)28(33)38-27-15-22(12-13-23(18)27)37-29(34)26(14-21-16-31-25-11-7-6-10-24(21)25)32-30(35)36-17-20-8-4-3-5-9-20/h3-13,15-16,26,31H,14,17H2,1-2H3,(H,32,35)/t26-/m0/s1. The van der Waals surface area contributed by atoms with Gasteiger partial charge in [0.25, 0.3) is 0 Å². The van der Waals surface area contributed by atoms with Gasteiger partial charge in [-0.1, -0.05) is 48.5 Å². The van der Waals surface area contributed by atoms with E-state index in [1.807, 2.05) is 61.5 Å². The summed E-state index contributed by atoms with van der Waals surface area (Å²) >= 11 is 0. The van der Waals surface area contributed by atoms with Gasteiger partial charge in [0.1, 0.15) is 24.0 Å². The van der Waals surface area contributed by atoms with Crippen LogP contribution >= 0.6 is 0 Å². The third kappa shape index (κ3) is 5.29. The van der Waals surface area contributed by atoms with Crippen LogP contribution in [0, 0.1) is 13.8 Å². The number of para-hydroxylation sites is 1. The molecule has 2 N–H and O–H groups in total. The van der Waals surface area contributed by atoms with Crippen LogP contribution in [-0.2, 0) is 22.6 Å². The van der Waals surface area contributed by atoms with Crippen molar-refractivity contribution in [2.24, 2.45) is 0 Å². The van der Waals surface area contributed by atoms with Gasteiger partial charge in [0.05, 0.1) is 0 Å². The largest absolute Gasteiger partial charge is 0.445 e. The lowest BCUT2D eigenvalue weighted by molar-refractivity contribution is -0.136. The first-order valence-corrected chi connectivity index (χ1v) is 12.2. The van der Waals surface area contributed by atoms with E-state index in [1.54, 1.807) is 25.3 Å². The zero-order valence-electron chi connectivity index (χ0n) is 20.9. The van der Waals surface area contributed by atoms with Gasteiger partial charge in [0.15, 0.2) is 0 Å². The molecule has 8 nitrogen and oxygen atoms in total. The fourth-order valence-electron chi connectivity index (χ4n) is 4.30. The Labute approximate surface area is 218 Å². The van der Waals surface area contributed by atoms with Gasteiger partial charge >= 0.3 is 17.7 Å². The van der Waals surface area contributed by atoms with Crippen LogP contribution in [0.5, 0.6) is 5.75 Å². The summed E-state index contributed by atoms with van der Waals surface area (Å²) < 4.78 is 16.4. The highest BCUT2D eigenvalue weighted by Crippen LogP contribution is 2.25. The Bertz CT molecular complexity index is 1690. The number of hydrogen-bond donors (Lipinski definition) is 2. The van der Waals surface area contributed by atoms with E-state index >= 15 is 0 Å². The van der Waals surface area contributed by atoms with E-state index in [9.17, 15) is 14.4 Å². The number of H-pyrrole nitrogens is 1. The molecule has 0 aliphatic carbocycles. The number of fused-ring (bicyclic) bond motifs is 2. The summed E-state index contributed by atoms with van der Waals surface area (Å²) in [5, 5.41) is 4.33. The third-order valence-electron chi connectivity index (χ3n) is 6.54. The number of aromatic nitrogens is 1. The Kier molecular flexibility index (Phi) is 6.95. The first-order valence-electron chi connectivity index (χ1n) is 12.2. The zero-order valence-corrected chi connectivity index (χ0v) is 20.9. The van der Waals surface area contributed by atoms with Gasteiger partial charge in [-0.2, -0.15) is 0 Å². The SMILES string of the molecule is Cc1c(C)c2ccc(OC(=O)[C@H](Cc3c[nH]c4ccccc34)NC(=O)OCc3ccccc3)cc2oc1=O. The Morgan fingerprint density at radius 2 is 1.71 bits per heavy atom. The molecule has 0 saturated heterocycles. The van der Waals surface area contributed by atoms with Crippen LogP contribution in [0.1, 0.15) is 22.3 Å². The lowest BCUT2D eigenvalue weighted by Gasteiger charge is -2.18. The van der Waals surface area contributed by atoms with Crippen molar-refractivity contribution in [2.75, 3.05) is 0 Å². The maximum Gasteiger partial charge on any atom is 0.408 e. The second kappa shape index (κ2) is 10.6. The predicted octanol–water partition coefficient (Wildman–Crippen LogP) is 5.33. The fourth-order valence-corrected chi connectivity index (χ4v) is 4.30. The van der Waals surface area contributed by atoms with E-state index in [-0.39, 0.29) is 18.8 Å². The topological polar surface area (TPSA) is 111 Å². The van der Waals surface area contributed by atoms with Crippen molar-refractivity contribution < 1.29 is 23.5 Å². The van der Waals surface area contributed by atoms with E-state index < -0.39 is 23.7 Å². The van der Waals surface area contributed by atoms with Crippen molar-refractivity contribution in [3.8, 4) is 5.75 Å². The molecule has 1 atom stereocenters. The van der Waals surface area contributed by atoms with Crippen LogP contribution in [0.25, 0.3) is 21.9 Å². The molecule has 0 bridgehead atoms. The molecule has 0 radical (unpaired) electrons. The number of nitrogens with one attached hydrogen (secondary N) is 2. The van der Waals surface area contributed by atoms with Gasteiger partial charge in [0.2, 0.25) is 0 Å². The molecule has 0 fully saturated rings. The van der Waals surface area contributed by atoms with Crippen molar-refractivity contribution >= 4 is 33.9 Å². The number of rotatable bonds is 7. The lowest BCUT2D eigenvalue weighted by atomic mass is 10.0. The normalized spacial score (nSPS) is 11.8. The summed E-state index contributed by atoms with van der Waals surface area (Å²) in [4.78, 5) is 41.3. The van der Waals surface area contributed by atoms with E-state index in [4.69, 9.17) is 13.9 Å². The number of aryl methyl sites for hydroxylation is 1. The highest BCUT2D eigenvalue weighted by atomic mass is 16.6. The Morgan fingerprint density at radius 3 is 2.53 bits per heavy atom. The zero-order chi connectivity index (χ0) is 26.6. The number of carbonyl (C=O) groups excluding carboxylic acids is 2. The average Bonchev–Trinajstić information content (AvgIpc) is 3.33. The molecule has 0 saturated carbocycles. The summed E-state index contributed by atoms with van der Waals surface area (Å²) in [5.41, 5.74) is 3.76. The van der Waals surface area contributed by atoms with Crippen molar-refractivity contribution in [3.63, 3.8) is 0 Å². The van der Waals surface area contributed by atoms with E-state index in [0.29, 0.717) is 11.1 Å². The maximum atomic E-state index is 13.3. The highest BCUT2D eigenvalue weighted by Gasteiger charge is 2.26. The number of ether oxygens (including phenoxy) is 2. The first-order chi connectivity index (χ1) is 18.4. The molecule has 0 unspecified atom stereocenters. The van der Waals surface area contributed by atoms with E-state index in [0.717, 1.165) is 33.0 Å². The number of carbonyl (C=O) groups is 2. The molecular formula is C30H26N2O6. The second-order valence-corrected chi connectivity index (χ2v) is 9.04. The van der Waals surface area contributed by atoms with Crippen molar-refractivity contribution in [1.82, 2.24) is 10.3 Å². The van der Waals surface area contributed by atoms with Crippen LogP contribution in [-0.4, -0.2) is 23.1 Å². The average molecular weight is 511 g/mol. The number of benzene rings is 3. The maximum absolute atomic E-state index is 13.3. The molecule has 5 aromatic rings.